The standard InChI is InChI=1S/C20H23F3N8OS/c1-3-32-5-4-30(12-20(21,22)23)11-15-6-17(33-29-15)28-18-19-24-9-16(14-7-25-26-8-14)31(19)10-13(2)27-18/h6-10H,3-5,11-12H2,1-2H3,(H,25,26)(H,27,28). The first kappa shape index (κ1) is 23.1. The van der Waals surface area contributed by atoms with Gasteiger partial charge in [-0.05, 0) is 31.4 Å². The summed E-state index contributed by atoms with van der Waals surface area (Å²) >= 11 is 1.16. The summed E-state index contributed by atoms with van der Waals surface area (Å²) in [5, 5.41) is 10.6. The van der Waals surface area contributed by atoms with Crippen molar-refractivity contribution in [3.8, 4) is 11.3 Å². The van der Waals surface area contributed by atoms with E-state index in [0.29, 0.717) is 28.8 Å². The summed E-state index contributed by atoms with van der Waals surface area (Å²) in [7, 11) is 0. The van der Waals surface area contributed by atoms with Crippen LogP contribution in [0, 0.1) is 6.92 Å². The maximum atomic E-state index is 13.0. The number of anilines is 2. The molecule has 4 aromatic heterocycles. The average Bonchev–Trinajstić information content (AvgIpc) is 3.47. The predicted octanol–water partition coefficient (Wildman–Crippen LogP) is 4.03. The maximum Gasteiger partial charge on any atom is 0.401 e. The van der Waals surface area contributed by atoms with Gasteiger partial charge in [-0.1, -0.05) is 0 Å². The summed E-state index contributed by atoms with van der Waals surface area (Å²) in [6.45, 7) is 3.57. The van der Waals surface area contributed by atoms with Crippen molar-refractivity contribution in [3.05, 3.63) is 42.2 Å². The van der Waals surface area contributed by atoms with E-state index in [2.05, 4.69) is 29.9 Å². The molecule has 0 atom stereocenters. The molecule has 0 bridgehead atoms. The van der Waals surface area contributed by atoms with Gasteiger partial charge < -0.3 is 10.1 Å². The molecular formula is C20H23F3N8OS. The second-order valence-corrected chi connectivity index (χ2v) is 8.19. The summed E-state index contributed by atoms with van der Waals surface area (Å²) in [6.07, 6.45) is 2.80. The number of hydrogen-bond acceptors (Lipinski definition) is 8. The third-order valence-electron chi connectivity index (χ3n) is 4.75. The molecule has 0 saturated carbocycles. The minimum absolute atomic E-state index is 0.0649. The van der Waals surface area contributed by atoms with Crippen LogP contribution >= 0.6 is 11.5 Å². The number of nitrogens with zero attached hydrogens (tertiary/aromatic N) is 6. The van der Waals surface area contributed by atoms with Crippen LogP contribution in [-0.2, 0) is 11.3 Å². The van der Waals surface area contributed by atoms with E-state index >= 15 is 0 Å². The van der Waals surface area contributed by atoms with Crippen molar-refractivity contribution < 1.29 is 17.9 Å². The molecule has 33 heavy (non-hydrogen) atoms. The Morgan fingerprint density at radius 2 is 2.15 bits per heavy atom. The first-order valence-electron chi connectivity index (χ1n) is 10.3. The molecule has 176 valence electrons. The van der Waals surface area contributed by atoms with E-state index in [9.17, 15) is 13.2 Å². The number of hydrogen-bond donors (Lipinski definition) is 2. The number of ether oxygens (including phenoxy) is 1. The summed E-state index contributed by atoms with van der Waals surface area (Å²) in [5.41, 5.74) is 3.66. The largest absolute Gasteiger partial charge is 0.401 e. The van der Waals surface area contributed by atoms with Gasteiger partial charge in [-0.3, -0.25) is 14.4 Å². The van der Waals surface area contributed by atoms with Crippen molar-refractivity contribution in [2.45, 2.75) is 26.6 Å². The first-order chi connectivity index (χ1) is 15.8. The van der Waals surface area contributed by atoms with Crippen molar-refractivity contribution in [2.24, 2.45) is 0 Å². The van der Waals surface area contributed by atoms with Crippen LogP contribution < -0.4 is 5.32 Å². The summed E-state index contributed by atoms with van der Waals surface area (Å²) in [4.78, 5) is 10.3. The number of nitrogens with one attached hydrogen (secondary N) is 2. The SMILES string of the molecule is CCOCCN(Cc1cc(Nc2nc(C)cn3c(-c4cn[nH]c4)cnc23)sn1)CC(F)(F)F. The topological polar surface area (TPSA) is 96.3 Å². The van der Waals surface area contributed by atoms with Gasteiger partial charge >= 0.3 is 6.18 Å². The summed E-state index contributed by atoms with van der Waals surface area (Å²) in [6, 6.07) is 1.73. The maximum absolute atomic E-state index is 13.0. The number of aromatic nitrogens is 6. The zero-order valence-corrected chi connectivity index (χ0v) is 18.9. The molecule has 4 rings (SSSR count). The zero-order chi connectivity index (χ0) is 23.4. The van der Waals surface area contributed by atoms with Gasteiger partial charge in [-0.15, -0.1) is 0 Å². The van der Waals surface area contributed by atoms with Crippen molar-refractivity contribution >= 4 is 28.0 Å². The molecule has 0 saturated heterocycles. The van der Waals surface area contributed by atoms with Gasteiger partial charge in [0, 0.05) is 37.7 Å². The Kier molecular flexibility index (Phi) is 6.91. The summed E-state index contributed by atoms with van der Waals surface area (Å²) in [5.74, 6) is 0.531. The molecule has 4 heterocycles. The highest BCUT2D eigenvalue weighted by Gasteiger charge is 2.31. The molecule has 2 N–H and O–H groups in total. The lowest BCUT2D eigenvalue weighted by Crippen LogP contribution is -2.36. The van der Waals surface area contributed by atoms with Crippen LogP contribution in [0.25, 0.3) is 16.9 Å². The molecule has 0 fully saturated rings. The van der Waals surface area contributed by atoms with Crippen LogP contribution in [0.3, 0.4) is 0 Å². The molecule has 4 aromatic rings. The number of alkyl halides is 3. The number of imidazole rings is 1. The molecule has 0 spiro atoms. The molecule has 13 heteroatoms. The lowest BCUT2D eigenvalue weighted by molar-refractivity contribution is -0.148. The number of fused-ring (bicyclic) bond motifs is 1. The van der Waals surface area contributed by atoms with Crippen LogP contribution in [0.2, 0.25) is 0 Å². The number of H-pyrrole nitrogens is 1. The van der Waals surface area contributed by atoms with E-state index < -0.39 is 12.7 Å². The fraction of sp³-hybridized carbons (Fsp3) is 0.400. The van der Waals surface area contributed by atoms with E-state index in [0.717, 1.165) is 28.5 Å². The fourth-order valence-corrected chi connectivity index (χ4v) is 4.05. The Morgan fingerprint density at radius 1 is 1.30 bits per heavy atom. The molecule has 0 radical (unpaired) electrons. The molecular weight excluding hydrogens is 457 g/mol. The Balaban J connectivity index is 1.52. The minimum Gasteiger partial charge on any atom is -0.380 e. The van der Waals surface area contributed by atoms with Crippen molar-refractivity contribution in [1.29, 1.82) is 0 Å². The summed E-state index contributed by atoms with van der Waals surface area (Å²) < 4.78 is 50.3. The molecule has 0 aliphatic heterocycles. The van der Waals surface area contributed by atoms with E-state index in [1.54, 1.807) is 31.6 Å². The van der Waals surface area contributed by atoms with Crippen molar-refractivity contribution in [2.75, 3.05) is 31.6 Å². The van der Waals surface area contributed by atoms with Gasteiger partial charge in [0.25, 0.3) is 0 Å². The highest BCUT2D eigenvalue weighted by molar-refractivity contribution is 7.10. The molecule has 0 aliphatic rings. The van der Waals surface area contributed by atoms with Crippen molar-refractivity contribution in [3.63, 3.8) is 0 Å². The van der Waals surface area contributed by atoms with Crippen LogP contribution in [-0.4, -0.2) is 66.3 Å². The zero-order valence-electron chi connectivity index (χ0n) is 18.1. The molecule has 0 unspecified atom stereocenters. The van der Waals surface area contributed by atoms with Crippen molar-refractivity contribution in [1.82, 2.24) is 33.8 Å². The Hall–Kier alpha value is -3.03. The Bertz CT molecular complexity index is 1190. The Morgan fingerprint density at radius 3 is 2.88 bits per heavy atom. The van der Waals surface area contributed by atoms with Gasteiger partial charge in [0.1, 0.15) is 5.00 Å². The lowest BCUT2D eigenvalue weighted by atomic mass is 10.3. The fourth-order valence-electron chi connectivity index (χ4n) is 3.39. The number of aryl methyl sites for hydroxylation is 1. The van der Waals surface area contributed by atoms with Gasteiger partial charge in [0.05, 0.1) is 42.6 Å². The number of halogens is 3. The highest BCUT2D eigenvalue weighted by Crippen LogP contribution is 2.28. The van der Waals surface area contributed by atoms with E-state index in [-0.39, 0.29) is 19.7 Å². The average molecular weight is 481 g/mol. The first-order valence-corrected chi connectivity index (χ1v) is 11.0. The number of rotatable bonds is 10. The van der Waals surface area contributed by atoms with Gasteiger partial charge in [0.2, 0.25) is 0 Å². The van der Waals surface area contributed by atoms with E-state index in [1.165, 1.54) is 4.90 Å². The molecule has 0 amide bonds. The third kappa shape index (κ3) is 5.86. The second kappa shape index (κ2) is 9.85. The van der Waals surface area contributed by atoms with Crippen LogP contribution in [0.15, 0.2) is 30.9 Å². The quantitative estimate of drug-likeness (QED) is 0.331. The third-order valence-corrected chi connectivity index (χ3v) is 5.49. The van der Waals surface area contributed by atoms with E-state index in [4.69, 9.17) is 4.74 Å². The molecule has 0 aromatic carbocycles. The lowest BCUT2D eigenvalue weighted by Gasteiger charge is -2.22. The van der Waals surface area contributed by atoms with Gasteiger partial charge in [0.15, 0.2) is 11.5 Å². The minimum atomic E-state index is -4.30. The number of aromatic amines is 1. The normalized spacial score (nSPS) is 12.2. The second-order valence-electron chi connectivity index (χ2n) is 7.39. The van der Waals surface area contributed by atoms with Crippen LogP contribution in [0.5, 0.6) is 0 Å². The van der Waals surface area contributed by atoms with E-state index in [1.807, 2.05) is 17.5 Å². The molecule has 9 nitrogen and oxygen atoms in total. The monoisotopic (exact) mass is 480 g/mol. The van der Waals surface area contributed by atoms with Gasteiger partial charge in [-0.2, -0.15) is 22.6 Å². The highest BCUT2D eigenvalue weighted by atomic mass is 32.1. The Labute approximate surface area is 191 Å². The van der Waals surface area contributed by atoms with Gasteiger partial charge in [-0.25, -0.2) is 9.97 Å². The van der Waals surface area contributed by atoms with Crippen LogP contribution in [0.1, 0.15) is 18.3 Å². The van der Waals surface area contributed by atoms with Crippen LogP contribution in [0.4, 0.5) is 24.0 Å². The smallest absolute Gasteiger partial charge is 0.380 e. The molecule has 0 aliphatic carbocycles. The predicted molar refractivity (Wildman–Crippen MR) is 119 cm³/mol.